The van der Waals surface area contributed by atoms with Crippen molar-refractivity contribution < 1.29 is 23.0 Å². The summed E-state index contributed by atoms with van der Waals surface area (Å²) in [5.74, 6) is -1.14. The number of alkyl halides is 2. The fourth-order valence-corrected chi connectivity index (χ4v) is 1.48. The fourth-order valence-electron chi connectivity index (χ4n) is 1.48. The SMILES string of the molecule is CCc1cc(C(=O)OC)c(OC(F)F)cc1C#N. The number of aryl methyl sites for hydroxylation is 1. The van der Waals surface area contributed by atoms with Gasteiger partial charge in [-0.1, -0.05) is 6.92 Å². The second kappa shape index (κ2) is 5.96. The smallest absolute Gasteiger partial charge is 0.387 e. The third kappa shape index (κ3) is 2.94. The first kappa shape index (κ1) is 13.9. The van der Waals surface area contributed by atoms with E-state index in [0.717, 1.165) is 13.2 Å². The van der Waals surface area contributed by atoms with Gasteiger partial charge in [0.2, 0.25) is 0 Å². The zero-order chi connectivity index (χ0) is 13.7. The van der Waals surface area contributed by atoms with E-state index in [0.29, 0.717) is 12.0 Å². The molecule has 1 aromatic rings. The molecule has 0 heterocycles. The summed E-state index contributed by atoms with van der Waals surface area (Å²) in [6.45, 7) is -1.29. The van der Waals surface area contributed by atoms with Gasteiger partial charge in [-0.15, -0.1) is 0 Å². The standard InChI is InChI=1S/C12H11F2NO3/c1-3-7-4-9(11(16)17-2)10(18-12(13)14)5-8(7)6-15/h4-5,12H,3H2,1-2H3. The van der Waals surface area contributed by atoms with Crippen molar-refractivity contribution in [1.29, 1.82) is 5.26 Å². The summed E-state index contributed by atoms with van der Waals surface area (Å²) in [6, 6.07) is 4.32. The fraction of sp³-hybridized carbons (Fsp3) is 0.333. The Bertz CT molecular complexity index is 495. The Hall–Kier alpha value is -2.16. The zero-order valence-corrected chi connectivity index (χ0v) is 9.87. The van der Waals surface area contributed by atoms with Crippen LogP contribution in [0.25, 0.3) is 0 Å². The Morgan fingerprint density at radius 3 is 2.61 bits per heavy atom. The van der Waals surface area contributed by atoms with Crippen LogP contribution in [0.5, 0.6) is 5.75 Å². The number of nitrogens with zero attached hydrogens (tertiary/aromatic N) is 1. The van der Waals surface area contributed by atoms with E-state index in [2.05, 4.69) is 9.47 Å². The van der Waals surface area contributed by atoms with Gasteiger partial charge in [-0.05, 0) is 24.1 Å². The van der Waals surface area contributed by atoms with Crippen molar-refractivity contribution in [3.05, 3.63) is 28.8 Å². The highest BCUT2D eigenvalue weighted by atomic mass is 19.3. The van der Waals surface area contributed by atoms with Crippen molar-refractivity contribution in [1.82, 2.24) is 0 Å². The molecule has 0 aliphatic heterocycles. The summed E-state index contributed by atoms with van der Waals surface area (Å²) >= 11 is 0. The zero-order valence-electron chi connectivity index (χ0n) is 9.87. The Labute approximate surface area is 103 Å². The Kier molecular flexibility index (Phi) is 4.60. The summed E-state index contributed by atoms with van der Waals surface area (Å²) in [5, 5.41) is 8.89. The van der Waals surface area contributed by atoms with Crippen molar-refractivity contribution in [3.63, 3.8) is 0 Å². The topological polar surface area (TPSA) is 59.3 Å². The molecular formula is C12H11F2NO3. The molecule has 0 aliphatic carbocycles. The molecule has 0 bridgehead atoms. The molecule has 0 fully saturated rings. The van der Waals surface area contributed by atoms with Gasteiger partial charge in [0.1, 0.15) is 11.3 Å². The van der Waals surface area contributed by atoms with Gasteiger partial charge in [0, 0.05) is 0 Å². The maximum atomic E-state index is 12.2. The first-order valence-corrected chi connectivity index (χ1v) is 5.13. The first-order valence-electron chi connectivity index (χ1n) is 5.13. The van der Waals surface area contributed by atoms with Crippen molar-refractivity contribution in [2.75, 3.05) is 7.11 Å². The quantitative estimate of drug-likeness (QED) is 0.775. The van der Waals surface area contributed by atoms with Crippen LogP contribution in [-0.2, 0) is 11.2 Å². The normalized spacial score (nSPS) is 10.0. The lowest BCUT2D eigenvalue weighted by Gasteiger charge is -2.12. The summed E-state index contributed by atoms with van der Waals surface area (Å²) in [6.07, 6.45) is 0.488. The van der Waals surface area contributed by atoms with E-state index >= 15 is 0 Å². The minimum Gasteiger partial charge on any atom is -0.465 e. The molecule has 0 saturated heterocycles. The van der Waals surface area contributed by atoms with Crippen molar-refractivity contribution >= 4 is 5.97 Å². The number of rotatable bonds is 4. The van der Waals surface area contributed by atoms with Crippen molar-refractivity contribution in [2.24, 2.45) is 0 Å². The number of benzene rings is 1. The van der Waals surface area contributed by atoms with Crippen LogP contribution >= 0.6 is 0 Å². The molecule has 4 nitrogen and oxygen atoms in total. The second-order valence-electron chi connectivity index (χ2n) is 3.34. The molecular weight excluding hydrogens is 244 g/mol. The largest absolute Gasteiger partial charge is 0.465 e. The molecule has 0 atom stereocenters. The molecule has 0 spiro atoms. The van der Waals surface area contributed by atoms with Crippen LogP contribution in [0.15, 0.2) is 12.1 Å². The highest BCUT2D eigenvalue weighted by Gasteiger charge is 2.19. The lowest BCUT2D eigenvalue weighted by atomic mass is 10.0. The number of hydrogen-bond donors (Lipinski definition) is 0. The van der Waals surface area contributed by atoms with Crippen LogP contribution in [0, 0.1) is 11.3 Å². The van der Waals surface area contributed by atoms with E-state index in [9.17, 15) is 13.6 Å². The monoisotopic (exact) mass is 255 g/mol. The molecule has 0 N–H and O–H groups in total. The summed E-state index contributed by atoms with van der Waals surface area (Å²) in [4.78, 5) is 11.5. The predicted molar refractivity (Wildman–Crippen MR) is 58.5 cm³/mol. The first-order chi connectivity index (χ1) is 8.53. The average molecular weight is 255 g/mol. The van der Waals surface area contributed by atoms with Gasteiger partial charge in [0.15, 0.2) is 0 Å². The number of carbonyl (C=O) groups excluding carboxylic acids is 1. The van der Waals surface area contributed by atoms with Crippen LogP contribution in [-0.4, -0.2) is 19.7 Å². The van der Waals surface area contributed by atoms with Crippen molar-refractivity contribution in [3.8, 4) is 11.8 Å². The van der Waals surface area contributed by atoms with E-state index in [4.69, 9.17) is 5.26 Å². The van der Waals surface area contributed by atoms with Gasteiger partial charge in [-0.3, -0.25) is 0 Å². The number of halogens is 2. The van der Waals surface area contributed by atoms with Crippen LogP contribution in [0.2, 0.25) is 0 Å². The molecule has 0 unspecified atom stereocenters. The predicted octanol–water partition coefficient (Wildman–Crippen LogP) is 2.51. The minimum atomic E-state index is -3.08. The van der Waals surface area contributed by atoms with E-state index in [1.165, 1.54) is 6.07 Å². The maximum absolute atomic E-state index is 12.2. The molecule has 96 valence electrons. The van der Waals surface area contributed by atoms with Gasteiger partial charge < -0.3 is 9.47 Å². The molecule has 0 saturated carbocycles. The lowest BCUT2D eigenvalue weighted by molar-refractivity contribution is -0.0504. The molecule has 0 amide bonds. The van der Waals surface area contributed by atoms with E-state index < -0.39 is 12.6 Å². The number of esters is 1. The summed E-state index contributed by atoms with van der Waals surface area (Å²) in [7, 11) is 1.14. The van der Waals surface area contributed by atoms with E-state index in [-0.39, 0.29) is 16.9 Å². The molecule has 0 aromatic heterocycles. The van der Waals surface area contributed by atoms with E-state index in [1.807, 2.05) is 6.07 Å². The van der Waals surface area contributed by atoms with Crippen LogP contribution in [0.3, 0.4) is 0 Å². The van der Waals surface area contributed by atoms with Crippen LogP contribution in [0.1, 0.15) is 28.4 Å². The minimum absolute atomic E-state index is 0.117. The highest BCUT2D eigenvalue weighted by molar-refractivity contribution is 5.93. The molecule has 0 aliphatic rings. The van der Waals surface area contributed by atoms with E-state index in [1.54, 1.807) is 6.92 Å². The number of nitriles is 1. The molecule has 1 rings (SSSR count). The maximum Gasteiger partial charge on any atom is 0.387 e. The number of ether oxygens (including phenoxy) is 2. The van der Waals surface area contributed by atoms with Gasteiger partial charge in [-0.25, -0.2) is 4.79 Å². The van der Waals surface area contributed by atoms with Gasteiger partial charge >= 0.3 is 12.6 Å². The van der Waals surface area contributed by atoms with Crippen LogP contribution < -0.4 is 4.74 Å². The van der Waals surface area contributed by atoms with Crippen LogP contribution in [0.4, 0.5) is 8.78 Å². The molecule has 18 heavy (non-hydrogen) atoms. The Morgan fingerprint density at radius 1 is 1.50 bits per heavy atom. The molecule has 6 heteroatoms. The number of carbonyl (C=O) groups is 1. The summed E-state index contributed by atoms with van der Waals surface area (Å²) < 4.78 is 33.2. The van der Waals surface area contributed by atoms with Crippen molar-refractivity contribution in [2.45, 2.75) is 20.0 Å². The molecule has 1 aromatic carbocycles. The number of hydrogen-bond acceptors (Lipinski definition) is 4. The lowest BCUT2D eigenvalue weighted by Crippen LogP contribution is -2.10. The third-order valence-corrected chi connectivity index (χ3v) is 2.33. The third-order valence-electron chi connectivity index (χ3n) is 2.33. The van der Waals surface area contributed by atoms with Gasteiger partial charge in [0.05, 0.1) is 18.7 Å². The number of methoxy groups -OCH3 is 1. The molecule has 0 radical (unpaired) electrons. The summed E-state index contributed by atoms with van der Waals surface area (Å²) in [5.41, 5.74) is 0.647. The Morgan fingerprint density at radius 2 is 2.17 bits per heavy atom. The average Bonchev–Trinajstić information content (AvgIpc) is 2.36. The van der Waals surface area contributed by atoms with Gasteiger partial charge in [0.25, 0.3) is 0 Å². The highest BCUT2D eigenvalue weighted by Crippen LogP contribution is 2.26. The Balaban J connectivity index is 3.36. The van der Waals surface area contributed by atoms with Gasteiger partial charge in [-0.2, -0.15) is 14.0 Å². The second-order valence-corrected chi connectivity index (χ2v) is 3.34.